The molecule has 1 N–H and O–H groups in total. The zero-order chi connectivity index (χ0) is 20.5. The maximum absolute atomic E-state index is 12.6. The number of carbonyl (C=O) groups excluding carboxylic acids is 1. The smallest absolute Gasteiger partial charge is 0.275 e. The van der Waals surface area contributed by atoms with Crippen LogP contribution in [0, 0.1) is 0 Å². The number of nitrogens with zero attached hydrogens (tertiary/aromatic N) is 4. The van der Waals surface area contributed by atoms with E-state index in [0.29, 0.717) is 30.4 Å². The van der Waals surface area contributed by atoms with Crippen LogP contribution in [-0.2, 0) is 4.79 Å². The Labute approximate surface area is 173 Å². The molecule has 1 saturated heterocycles. The fourth-order valence-electron chi connectivity index (χ4n) is 3.89. The molecule has 1 aliphatic heterocycles. The number of rotatable bonds is 5. The molecule has 0 saturated carbocycles. The average molecular weight is 399 g/mol. The van der Waals surface area contributed by atoms with Gasteiger partial charge in [0.1, 0.15) is 5.69 Å². The topological polar surface area (TPSA) is 87.9 Å². The highest BCUT2D eigenvalue weighted by atomic mass is 16.5. The lowest BCUT2D eigenvalue weighted by Gasteiger charge is -2.25. The van der Waals surface area contributed by atoms with Gasteiger partial charge in [-0.25, -0.2) is 0 Å². The van der Waals surface area contributed by atoms with Crippen molar-refractivity contribution in [1.29, 1.82) is 0 Å². The number of H-pyrrole nitrogens is 1. The number of hydrogen-bond acceptors (Lipinski definition) is 5. The van der Waals surface area contributed by atoms with Crippen molar-refractivity contribution in [1.82, 2.24) is 25.2 Å². The first-order chi connectivity index (χ1) is 14.7. The fraction of sp³-hybridized carbons (Fsp3) is 0.217. The van der Waals surface area contributed by atoms with Gasteiger partial charge in [-0.1, -0.05) is 65.8 Å². The minimum atomic E-state index is -0.0855. The van der Waals surface area contributed by atoms with Crippen LogP contribution in [0.15, 0.2) is 71.3 Å². The lowest BCUT2D eigenvalue weighted by Crippen LogP contribution is -2.28. The van der Waals surface area contributed by atoms with Gasteiger partial charge in [-0.2, -0.15) is 10.1 Å². The third-order valence-electron chi connectivity index (χ3n) is 5.59. The summed E-state index contributed by atoms with van der Waals surface area (Å²) in [7, 11) is 0. The number of carbonyl (C=O) groups is 1. The summed E-state index contributed by atoms with van der Waals surface area (Å²) in [6, 6.07) is 21.8. The first-order valence-corrected chi connectivity index (χ1v) is 9.98. The molecule has 4 aromatic rings. The van der Waals surface area contributed by atoms with Gasteiger partial charge in [-0.3, -0.25) is 9.89 Å². The largest absolute Gasteiger partial charge is 0.335 e. The minimum absolute atomic E-state index is 0.0103. The Morgan fingerprint density at radius 1 is 1.10 bits per heavy atom. The molecule has 150 valence electrons. The van der Waals surface area contributed by atoms with Crippen LogP contribution in [0.4, 0.5) is 0 Å². The summed E-state index contributed by atoms with van der Waals surface area (Å²) in [5.41, 5.74) is 3.59. The van der Waals surface area contributed by atoms with E-state index in [1.807, 2.05) is 78.6 Å². The lowest BCUT2D eigenvalue weighted by atomic mass is 10.1. The Morgan fingerprint density at radius 3 is 2.60 bits per heavy atom. The zero-order valence-electron chi connectivity index (χ0n) is 16.5. The second-order valence-electron chi connectivity index (χ2n) is 7.52. The number of aromatic amines is 1. The lowest BCUT2D eigenvalue weighted by molar-refractivity contribution is -0.129. The Balaban J connectivity index is 1.33. The van der Waals surface area contributed by atoms with Crippen LogP contribution >= 0.6 is 0 Å². The van der Waals surface area contributed by atoms with Crippen molar-refractivity contribution in [3.8, 4) is 22.8 Å². The molecule has 2 aromatic heterocycles. The van der Waals surface area contributed by atoms with Crippen molar-refractivity contribution in [2.75, 3.05) is 6.54 Å². The predicted molar refractivity (Wildman–Crippen MR) is 111 cm³/mol. The SMILES string of the molecule is CC(c1ccccc1)N1CC(c2noc(-c3cc(-c4ccccc4)n[nH]3)n2)CC1=O. The number of amides is 1. The molecular weight excluding hydrogens is 378 g/mol. The molecule has 1 aliphatic rings. The van der Waals surface area contributed by atoms with E-state index in [9.17, 15) is 4.79 Å². The Hall–Kier alpha value is -3.74. The highest BCUT2D eigenvalue weighted by Gasteiger charge is 2.36. The van der Waals surface area contributed by atoms with Crippen LogP contribution in [0.5, 0.6) is 0 Å². The Kier molecular flexibility index (Phi) is 4.63. The summed E-state index contributed by atoms with van der Waals surface area (Å²) in [5, 5.41) is 11.4. The van der Waals surface area contributed by atoms with E-state index < -0.39 is 0 Å². The van der Waals surface area contributed by atoms with Crippen LogP contribution < -0.4 is 0 Å². The number of benzene rings is 2. The van der Waals surface area contributed by atoms with Crippen molar-refractivity contribution in [3.05, 3.63) is 78.1 Å². The first kappa shape index (κ1) is 18.3. The van der Waals surface area contributed by atoms with Gasteiger partial charge in [0.2, 0.25) is 5.91 Å². The monoisotopic (exact) mass is 399 g/mol. The minimum Gasteiger partial charge on any atom is -0.335 e. The van der Waals surface area contributed by atoms with E-state index in [1.165, 1.54) is 0 Å². The molecule has 0 radical (unpaired) electrons. The molecule has 0 spiro atoms. The molecule has 7 nitrogen and oxygen atoms in total. The molecule has 7 heteroatoms. The number of aromatic nitrogens is 4. The Morgan fingerprint density at radius 2 is 1.83 bits per heavy atom. The van der Waals surface area contributed by atoms with Crippen molar-refractivity contribution in [2.24, 2.45) is 0 Å². The molecule has 2 unspecified atom stereocenters. The third kappa shape index (κ3) is 3.39. The summed E-state index contributed by atoms with van der Waals surface area (Å²) < 4.78 is 5.47. The van der Waals surface area contributed by atoms with Gasteiger partial charge in [0.05, 0.1) is 11.7 Å². The van der Waals surface area contributed by atoms with Crippen molar-refractivity contribution in [3.63, 3.8) is 0 Å². The van der Waals surface area contributed by atoms with Crippen LogP contribution in [0.3, 0.4) is 0 Å². The summed E-state index contributed by atoms with van der Waals surface area (Å²) in [4.78, 5) is 19.1. The van der Waals surface area contributed by atoms with Gasteiger partial charge >= 0.3 is 0 Å². The molecule has 2 atom stereocenters. The summed E-state index contributed by atoms with van der Waals surface area (Å²) >= 11 is 0. The predicted octanol–water partition coefficient (Wildman–Crippen LogP) is 4.20. The van der Waals surface area contributed by atoms with E-state index in [4.69, 9.17) is 4.52 Å². The molecule has 1 fully saturated rings. The van der Waals surface area contributed by atoms with Gasteiger partial charge < -0.3 is 9.42 Å². The van der Waals surface area contributed by atoms with Crippen molar-refractivity contribution < 1.29 is 9.32 Å². The van der Waals surface area contributed by atoms with Crippen LogP contribution in [0.25, 0.3) is 22.8 Å². The van der Waals surface area contributed by atoms with Crippen LogP contribution in [0.1, 0.15) is 36.7 Å². The normalized spacial score (nSPS) is 17.4. The maximum Gasteiger partial charge on any atom is 0.275 e. The molecule has 30 heavy (non-hydrogen) atoms. The highest BCUT2D eigenvalue weighted by molar-refractivity contribution is 5.80. The third-order valence-corrected chi connectivity index (χ3v) is 5.59. The second-order valence-corrected chi connectivity index (χ2v) is 7.52. The zero-order valence-corrected chi connectivity index (χ0v) is 16.5. The van der Waals surface area contributed by atoms with Crippen molar-refractivity contribution in [2.45, 2.75) is 25.3 Å². The van der Waals surface area contributed by atoms with E-state index in [2.05, 4.69) is 20.3 Å². The molecular formula is C23H21N5O2. The van der Waals surface area contributed by atoms with Gasteiger partial charge in [0, 0.05) is 24.4 Å². The van der Waals surface area contributed by atoms with Gasteiger partial charge in [0.15, 0.2) is 5.82 Å². The molecule has 0 aliphatic carbocycles. The highest BCUT2D eigenvalue weighted by Crippen LogP contribution is 2.33. The fourth-order valence-corrected chi connectivity index (χ4v) is 3.89. The van der Waals surface area contributed by atoms with Crippen LogP contribution in [-0.4, -0.2) is 37.7 Å². The number of likely N-dealkylation sites (tertiary alicyclic amines) is 1. The molecule has 1 amide bonds. The molecule has 2 aromatic carbocycles. The van der Waals surface area contributed by atoms with E-state index >= 15 is 0 Å². The number of nitrogens with one attached hydrogen (secondary N) is 1. The second kappa shape index (κ2) is 7.59. The quantitative estimate of drug-likeness (QED) is 0.543. The van der Waals surface area contributed by atoms with Crippen LogP contribution in [0.2, 0.25) is 0 Å². The summed E-state index contributed by atoms with van der Waals surface area (Å²) in [6.07, 6.45) is 0.383. The molecule has 0 bridgehead atoms. The molecule has 5 rings (SSSR count). The standard InChI is InChI=1S/C23H21N5O2/c1-15(16-8-4-2-5-9-16)28-14-18(12-21(28)29)22-24-23(30-27-22)20-13-19(25-26-20)17-10-6-3-7-11-17/h2-11,13,15,18H,12,14H2,1H3,(H,25,26). The van der Waals surface area contributed by atoms with Crippen molar-refractivity contribution >= 4 is 5.91 Å². The first-order valence-electron chi connectivity index (χ1n) is 9.98. The average Bonchev–Trinajstić information content (AvgIpc) is 3.53. The van der Waals surface area contributed by atoms with E-state index in [1.54, 1.807) is 0 Å². The van der Waals surface area contributed by atoms with E-state index in [-0.39, 0.29) is 17.9 Å². The van der Waals surface area contributed by atoms with Gasteiger partial charge in [-0.15, -0.1) is 0 Å². The molecule has 3 heterocycles. The van der Waals surface area contributed by atoms with Gasteiger partial charge in [-0.05, 0) is 18.6 Å². The van der Waals surface area contributed by atoms with E-state index in [0.717, 1.165) is 16.8 Å². The Bertz CT molecular complexity index is 1150. The summed E-state index contributed by atoms with van der Waals surface area (Å²) in [6.45, 7) is 2.62. The number of hydrogen-bond donors (Lipinski definition) is 1. The van der Waals surface area contributed by atoms with Gasteiger partial charge in [0.25, 0.3) is 5.89 Å². The maximum atomic E-state index is 12.6. The summed E-state index contributed by atoms with van der Waals surface area (Å²) in [5.74, 6) is 0.951.